The van der Waals surface area contributed by atoms with Crippen LogP contribution in [0.4, 0.5) is 0 Å². The number of piperidine rings is 1. The zero-order chi connectivity index (χ0) is 10.7. The minimum atomic E-state index is 0.734. The first-order chi connectivity index (χ1) is 7.25. The van der Waals surface area contributed by atoms with Gasteiger partial charge in [-0.1, -0.05) is 12.8 Å². The van der Waals surface area contributed by atoms with Gasteiger partial charge in [0.25, 0.3) is 0 Å². The second-order valence-corrected chi connectivity index (χ2v) is 5.55. The van der Waals surface area contributed by atoms with Crippen molar-refractivity contribution in [2.75, 3.05) is 13.1 Å². The Labute approximate surface area is 94.4 Å². The lowest BCUT2D eigenvalue weighted by Crippen LogP contribution is -2.47. The van der Waals surface area contributed by atoms with E-state index in [1.54, 1.807) is 0 Å². The Kier molecular flexibility index (Phi) is 4.04. The fourth-order valence-corrected chi connectivity index (χ4v) is 3.01. The van der Waals surface area contributed by atoms with E-state index in [0.29, 0.717) is 0 Å². The van der Waals surface area contributed by atoms with E-state index in [9.17, 15) is 0 Å². The Morgan fingerprint density at radius 1 is 0.933 bits per heavy atom. The number of nitrogens with one attached hydrogen (secondary N) is 1. The summed E-state index contributed by atoms with van der Waals surface area (Å²) in [5.74, 6) is 0. The average Bonchev–Trinajstić information content (AvgIpc) is 2.71. The largest absolute Gasteiger partial charge is 0.311 e. The van der Waals surface area contributed by atoms with Gasteiger partial charge in [-0.05, 0) is 52.6 Å². The van der Waals surface area contributed by atoms with Crippen LogP contribution in [-0.4, -0.2) is 36.1 Å². The minimum Gasteiger partial charge on any atom is -0.311 e. The maximum atomic E-state index is 3.85. The SMILES string of the molecule is CC(C)N1CCC(NC2CCCC2)CC1. The standard InChI is InChI=1S/C13H26N2/c1-11(2)15-9-7-13(8-10-15)14-12-5-3-4-6-12/h11-14H,3-10H2,1-2H3. The molecule has 0 amide bonds. The number of nitrogens with zero attached hydrogens (tertiary/aromatic N) is 1. The molecule has 2 nitrogen and oxygen atoms in total. The van der Waals surface area contributed by atoms with E-state index in [1.165, 1.54) is 51.6 Å². The fraction of sp³-hybridized carbons (Fsp3) is 1.00. The number of likely N-dealkylation sites (tertiary alicyclic amines) is 1. The minimum absolute atomic E-state index is 0.734. The van der Waals surface area contributed by atoms with E-state index in [4.69, 9.17) is 0 Å². The van der Waals surface area contributed by atoms with Crippen molar-refractivity contribution in [3.8, 4) is 0 Å². The van der Waals surface area contributed by atoms with Crippen LogP contribution in [0, 0.1) is 0 Å². The highest BCUT2D eigenvalue weighted by atomic mass is 15.2. The van der Waals surface area contributed by atoms with Crippen LogP contribution in [0.2, 0.25) is 0 Å². The van der Waals surface area contributed by atoms with Crippen LogP contribution in [0.15, 0.2) is 0 Å². The molecule has 1 N–H and O–H groups in total. The number of hydrogen-bond acceptors (Lipinski definition) is 2. The summed E-state index contributed by atoms with van der Waals surface area (Å²) < 4.78 is 0. The molecule has 0 spiro atoms. The Morgan fingerprint density at radius 2 is 1.47 bits per heavy atom. The quantitative estimate of drug-likeness (QED) is 0.769. The molecule has 1 aliphatic carbocycles. The molecule has 15 heavy (non-hydrogen) atoms. The van der Waals surface area contributed by atoms with E-state index >= 15 is 0 Å². The van der Waals surface area contributed by atoms with Gasteiger partial charge in [0, 0.05) is 18.1 Å². The first-order valence-corrected chi connectivity index (χ1v) is 6.76. The Bertz CT molecular complexity index is 177. The molecule has 1 saturated carbocycles. The molecule has 1 heterocycles. The van der Waals surface area contributed by atoms with Crippen LogP contribution in [0.5, 0.6) is 0 Å². The molecule has 2 heteroatoms. The third kappa shape index (κ3) is 3.18. The molecule has 1 aliphatic heterocycles. The Balaban J connectivity index is 1.68. The van der Waals surface area contributed by atoms with Crippen molar-refractivity contribution in [3.63, 3.8) is 0 Å². The molecule has 0 atom stereocenters. The molecule has 2 rings (SSSR count). The van der Waals surface area contributed by atoms with Crippen molar-refractivity contribution in [2.24, 2.45) is 0 Å². The van der Waals surface area contributed by atoms with Gasteiger partial charge in [0.05, 0.1) is 0 Å². The predicted octanol–water partition coefficient (Wildman–Crippen LogP) is 2.39. The van der Waals surface area contributed by atoms with Crippen molar-refractivity contribution in [3.05, 3.63) is 0 Å². The van der Waals surface area contributed by atoms with Crippen molar-refractivity contribution < 1.29 is 0 Å². The summed E-state index contributed by atoms with van der Waals surface area (Å²) in [6.45, 7) is 7.21. The average molecular weight is 210 g/mol. The van der Waals surface area contributed by atoms with Crippen molar-refractivity contribution in [2.45, 2.75) is 70.5 Å². The molecule has 2 fully saturated rings. The second kappa shape index (κ2) is 5.31. The summed E-state index contributed by atoms with van der Waals surface area (Å²) in [6, 6.07) is 2.39. The summed E-state index contributed by atoms with van der Waals surface area (Å²) in [5.41, 5.74) is 0. The lowest BCUT2D eigenvalue weighted by molar-refractivity contribution is 0.156. The Morgan fingerprint density at radius 3 is 2.00 bits per heavy atom. The van der Waals surface area contributed by atoms with E-state index < -0.39 is 0 Å². The van der Waals surface area contributed by atoms with E-state index in [2.05, 4.69) is 24.1 Å². The van der Waals surface area contributed by atoms with Crippen LogP contribution >= 0.6 is 0 Å². The maximum absolute atomic E-state index is 3.85. The fourth-order valence-electron chi connectivity index (χ4n) is 3.01. The van der Waals surface area contributed by atoms with Crippen molar-refractivity contribution in [1.29, 1.82) is 0 Å². The maximum Gasteiger partial charge on any atom is 0.00940 e. The van der Waals surface area contributed by atoms with Crippen LogP contribution in [-0.2, 0) is 0 Å². The van der Waals surface area contributed by atoms with Gasteiger partial charge < -0.3 is 10.2 Å². The predicted molar refractivity (Wildman–Crippen MR) is 65.1 cm³/mol. The zero-order valence-electron chi connectivity index (χ0n) is 10.3. The molecule has 0 aromatic carbocycles. The van der Waals surface area contributed by atoms with Gasteiger partial charge in [-0.2, -0.15) is 0 Å². The summed E-state index contributed by atoms with van der Waals surface area (Å²) in [6.07, 6.45) is 8.45. The lowest BCUT2D eigenvalue weighted by atomic mass is 10.0. The highest BCUT2D eigenvalue weighted by Gasteiger charge is 2.23. The summed E-state index contributed by atoms with van der Waals surface area (Å²) in [7, 11) is 0. The van der Waals surface area contributed by atoms with Gasteiger partial charge in [-0.3, -0.25) is 0 Å². The van der Waals surface area contributed by atoms with E-state index in [0.717, 1.165) is 18.1 Å². The highest BCUT2D eigenvalue weighted by Crippen LogP contribution is 2.21. The van der Waals surface area contributed by atoms with Crippen LogP contribution < -0.4 is 5.32 Å². The normalized spacial score (nSPS) is 26.6. The first kappa shape index (κ1) is 11.4. The molecule has 1 saturated heterocycles. The molecular formula is C13H26N2. The van der Waals surface area contributed by atoms with Crippen molar-refractivity contribution in [1.82, 2.24) is 10.2 Å². The van der Waals surface area contributed by atoms with Crippen LogP contribution in [0.3, 0.4) is 0 Å². The third-order valence-electron chi connectivity index (χ3n) is 4.09. The first-order valence-electron chi connectivity index (χ1n) is 6.76. The van der Waals surface area contributed by atoms with Gasteiger partial charge >= 0.3 is 0 Å². The zero-order valence-corrected chi connectivity index (χ0v) is 10.3. The molecule has 0 aromatic rings. The van der Waals surface area contributed by atoms with Gasteiger partial charge in [-0.25, -0.2) is 0 Å². The lowest BCUT2D eigenvalue weighted by Gasteiger charge is -2.36. The summed E-state index contributed by atoms with van der Waals surface area (Å²) in [5, 5.41) is 3.85. The molecule has 0 bridgehead atoms. The molecule has 0 aromatic heterocycles. The molecule has 2 aliphatic rings. The number of rotatable bonds is 3. The highest BCUT2D eigenvalue weighted by molar-refractivity contribution is 4.83. The molecular weight excluding hydrogens is 184 g/mol. The number of hydrogen-bond donors (Lipinski definition) is 1. The van der Waals surface area contributed by atoms with Gasteiger partial charge in [0.2, 0.25) is 0 Å². The molecule has 88 valence electrons. The topological polar surface area (TPSA) is 15.3 Å². The summed E-state index contributed by atoms with van der Waals surface area (Å²) in [4.78, 5) is 2.60. The molecule has 0 radical (unpaired) electrons. The Hall–Kier alpha value is -0.0800. The van der Waals surface area contributed by atoms with Crippen LogP contribution in [0.25, 0.3) is 0 Å². The molecule has 0 unspecified atom stereocenters. The van der Waals surface area contributed by atoms with Gasteiger partial charge in [-0.15, -0.1) is 0 Å². The van der Waals surface area contributed by atoms with Crippen molar-refractivity contribution >= 4 is 0 Å². The smallest absolute Gasteiger partial charge is 0.00940 e. The monoisotopic (exact) mass is 210 g/mol. The van der Waals surface area contributed by atoms with Gasteiger partial charge in [0.15, 0.2) is 0 Å². The van der Waals surface area contributed by atoms with E-state index in [1.807, 2.05) is 0 Å². The summed E-state index contributed by atoms with van der Waals surface area (Å²) >= 11 is 0. The van der Waals surface area contributed by atoms with E-state index in [-0.39, 0.29) is 0 Å². The second-order valence-electron chi connectivity index (χ2n) is 5.55. The third-order valence-corrected chi connectivity index (χ3v) is 4.09. The van der Waals surface area contributed by atoms with Gasteiger partial charge in [0.1, 0.15) is 0 Å². The van der Waals surface area contributed by atoms with Crippen LogP contribution in [0.1, 0.15) is 52.4 Å².